The van der Waals surface area contributed by atoms with Crippen LogP contribution in [0.2, 0.25) is 0 Å². The van der Waals surface area contributed by atoms with Gasteiger partial charge >= 0.3 is 6.18 Å². The highest BCUT2D eigenvalue weighted by molar-refractivity contribution is 7.89. The number of hydrogen-bond donors (Lipinski definition) is 3. The first-order valence-corrected chi connectivity index (χ1v) is 12.5. The third kappa shape index (κ3) is 5.54. The fourth-order valence-corrected chi connectivity index (χ4v) is 4.95. The van der Waals surface area contributed by atoms with Crippen LogP contribution in [0.15, 0.2) is 33.6 Å². The lowest BCUT2D eigenvalue weighted by atomic mass is 9.85. The number of anilines is 3. The smallest absolute Gasteiger partial charge is 0.417 e. The van der Waals surface area contributed by atoms with Gasteiger partial charge in [0.05, 0.1) is 29.0 Å². The van der Waals surface area contributed by atoms with Crippen LogP contribution in [0.3, 0.4) is 0 Å². The van der Waals surface area contributed by atoms with E-state index in [4.69, 9.17) is 4.42 Å². The molecule has 0 aliphatic heterocycles. The van der Waals surface area contributed by atoms with Gasteiger partial charge < -0.3 is 20.2 Å². The summed E-state index contributed by atoms with van der Waals surface area (Å²) in [5.41, 5.74) is -2.10. The number of phenolic OH excluding ortho intramolecular Hbond substituents is 1. The zero-order valence-electron chi connectivity index (χ0n) is 19.9. The quantitative estimate of drug-likeness (QED) is 0.347. The molecule has 3 N–H and O–H groups in total. The van der Waals surface area contributed by atoms with E-state index in [1.807, 2.05) is 39.8 Å². The summed E-state index contributed by atoms with van der Waals surface area (Å²) < 4.78 is 80.7. The Labute approximate surface area is 205 Å². The Morgan fingerprint density at radius 2 is 1.71 bits per heavy atom. The number of aryl methyl sites for hydroxylation is 1. The van der Waals surface area contributed by atoms with Crippen molar-refractivity contribution < 1.29 is 31.1 Å². The Morgan fingerprint density at radius 1 is 1.09 bits per heavy atom. The summed E-state index contributed by atoms with van der Waals surface area (Å²) in [6, 6.07) is 4.82. The summed E-state index contributed by atoms with van der Waals surface area (Å²) in [5, 5.41) is 16.6. The van der Waals surface area contributed by atoms with Crippen molar-refractivity contribution in [2.45, 2.75) is 44.8 Å². The van der Waals surface area contributed by atoms with Gasteiger partial charge in [-0.3, -0.25) is 0 Å². The number of sulfonamides is 1. The average molecular weight is 534 g/mol. The molecule has 3 aromatic rings. The van der Waals surface area contributed by atoms with Gasteiger partial charge in [-0.1, -0.05) is 20.8 Å². The summed E-state index contributed by atoms with van der Waals surface area (Å²) in [6.45, 7) is 7.76. The van der Waals surface area contributed by atoms with E-state index in [9.17, 15) is 26.7 Å². The highest BCUT2D eigenvalue weighted by Gasteiger charge is 2.41. The van der Waals surface area contributed by atoms with Gasteiger partial charge in [0.25, 0.3) is 0 Å². The summed E-state index contributed by atoms with van der Waals surface area (Å²) in [6.07, 6.45) is -5.01. The number of benzene rings is 1. The maximum absolute atomic E-state index is 13.6. The Balaban J connectivity index is 2.04. The molecule has 14 heteroatoms. The van der Waals surface area contributed by atoms with Gasteiger partial charge in [-0.05, 0) is 36.6 Å². The normalized spacial score (nSPS) is 13.8. The van der Waals surface area contributed by atoms with Crippen LogP contribution in [0, 0.1) is 12.3 Å². The second-order valence-electron chi connectivity index (χ2n) is 9.10. The minimum absolute atomic E-state index is 0.0933. The lowest BCUT2D eigenvalue weighted by Crippen LogP contribution is -2.26. The van der Waals surface area contributed by atoms with E-state index >= 15 is 0 Å². The van der Waals surface area contributed by atoms with Crippen molar-refractivity contribution in [2.24, 2.45) is 5.41 Å². The first-order valence-electron chi connectivity index (χ1n) is 10.3. The van der Waals surface area contributed by atoms with Gasteiger partial charge in [0.1, 0.15) is 16.4 Å². The van der Waals surface area contributed by atoms with E-state index in [1.165, 1.54) is 0 Å². The molecule has 2 aromatic heterocycles. The molecule has 0 aliphatic rings. The lowest BCUT2D eigenvalue weighted by molar-refractivity contribution is -0.140. The predicted molar refractivity (Wildman–Crippen MR) is 126 cm³/mol. The Kier molecular flexibility index (Phi) is 7.12. The van der Waals surface area contributed by atoms with E-state index in [-0.39, 0.29) is 28.8 Å². The van der Waals surface area contributed by atoms with Crippen molar-refractivity contribution in [1.29, 1.82) is 0 Å². The molecule has 0 saturated heterocycles. The number of furan rings is 1. The summed E-state index contributed by atoms with van der Waals surface area (Å²) in [4.78, 5) is -1.25. The van der Waals surface area contributed by atoms with Crippen LogP contribution in [-0.2, 0) is 16.2 Å². The van der Waals surface area contributed by atoms with Crippen LogP contribution in [0.1, 0.15) is 43.9 Å². The van der Waals surface area contributed by atoms with Crippen LogP contribution in [0.4, 0.5) is 30.5 Å². The van der Waals surface area contributed by atoms with Crippen molar-refractivity contribution in [3.05, 3.63) is 41.3 Å². The topological polar surface area (TPSA) is 121 Å². The molecule has 0 aliphatic carbocycles. The van der Waals surface area contributed by atoms with E-state index in [0.29, 0.717) is 16.1 Å². The number of phenols is 1. The molecule has 3 rings (SSSR count). The number of aromatic hydroxyl groups is 1. The molecule has 0 radical (unpaired) electrons. The van der Waals surface area contributed by atoms with Crippen LogP contribution in [-0.4, -0.2) is 40.7 Å². The van der Waals surface area contributed by atoms with Gasteiger partial charge in [0.2, 0.25) is 10.0 Å². The summed E-state index contributed by atoms with van der Waals surface area (Å²) in [7, 11) is -2.50. The lowest BCUT2D eigenvalue weighted by Gasteiger charge is -2.30. The molecular formula is C21H26F3N5O4S2. The molecule has 192 valence electrons. The van der Waals surface area contributed by atoms with Crippen molar-refractivity contribution >= 4 is 39.1 Å². The molecule has 9 nitrogen and oxygen atoms in total. The second-order valence-corrected chi connectivity index (χ2v) is 11.7. The number of hydrogen-bond acceptors (Lipinski definition) is 9. The van der Waals surface area contributed by atoms with Gasteiger partial charge in [0, 0.05) is 14.1 Å². The zero-order valence-corrected chi connectivity index (χ0v) is 21.5. The van der Waals surface area contributed by atoms with Gasteiger partial charge in [-0.25, -0.2) is 12.7 Å². The molecule has 0 unspecified atom stereocenters. The van der Waals surface area contributed by atoms with Gasteiger partial charge in [-0.15, -0.1) is 0 Å². The highest BCUT2D eigenvalue weighted by Crippen LogP contribution is 2.44. The minimum atomic E-state index is -5.01. The third-order valence-electron chi connectivity index (χ3n) is 5.11. The number of aromatic nitrogens is 2. The Hall–Kier alpha value is -2.84. The number of nitrogens with zero attached hydrogens (tertiary/aromatic N) is 3. The first kappa shape index (κ1) is 26.8. The van der Waals surface area contributed by atoms with Crippen LogP contribution in [0.25, 0.3) is 0 Å². The van der Waals surface area contributed by atoms with Crippen molar-refractivity contribution in [3.63, 3.8) is 0 Å². The molecule has 0 fully saturated rings. The van der Waals surface area contributed by atoms with E-state index in [1.54, 1.807) is 0 Å². The second kappa shape index (κ2) is 9.32. The maximum Gasteiger partial charge on any atom is 0.417 e. The molecule has 1 aromatic carbocycles. The van der Waals surface area contributed by atoms with E-state index < -0.39 is 32.4 Å². The van der Waals surface area contributed by atoms with E-state index in [0.717, 1.165) is 37.7 Å². The highest BCUT2D eigenvalue weighted by atomic mass is 32.2. The van der Waals surface area contributed by atoms with Gasteiger partial charge in [0.15, 0.2) is 17.4 Å². The number of halogens is 3. The zero-order chi connectivity index (χ0) is 26.3. The Morgan fingerprint density at radius 3 is 2.23 bits per heavy atom. The number of alkyl halides is 3. The number of rotatable bonds is 7. The fourth-order valence-electron chi connectivity index (χ4n) is 3.29. The predicted octanol–water partition coefficient (Wildman–Crippen LogP) is 5.36. The Bertz CT molecular complexity index is 1310. The van der Waals surface area contributed by atoms with Crippen molar-refractivity contribution in [3.8, 4) is 5.75 Å². The van der Waals surface area contributed by atoms with Crippen LogP contribution >= 0.6 is 11.7 Å². The number of nitrogens with one attached hydrogen (secondary N) is 2. The average Bonchev–Trinajstić information content (AvgIpc) is 3.33. The summed E-state index contributed by atoms with van der Waals surface area (Å²) in [5.74, 6) is 0.624. The van der Waals surface area contributed by atoms with Crippen molar-refractivity contribution in [1.82, 2.24) is 13.1 Å². The molecule has 0 saturated carbocycles. The molecule has 35 heavy (non-hydrogen) atoms. The molecule has 1 atom stereocenters. The van der Waals surface area contributed by atoms with Crippen molar-refractivity contribution in [2.75, 3.05) is 24.7 Å². The fraction of sp³-hybridized carbons (Fsp3) is 0.429. The van der Waals surface area contributed by atoms with Gasteiger partial charge in [-0.2, -0.15) is 21.9 Å². The first-order chi connectivity index (χ1) is 16.0. The molecule has 0 amide bonds. The minimum Gasteiger partial charge on any atom is -0.504 e. The molecular weight excluding hydrogens is 507 g/mol. The third-order valence-corrected chi connectivity index (χ3v) is 7.53. The molecule has 0 spiro atoms. The maximum atomic E-state index is 13.6. The monoisotopic (exact) mass is 533 g/mol. The van der Waals surface area contributed by atoms with Crippen LogP contribution in [0.5, 0.6) is 5.75 Å². The van der Waals surface area contributed by atoms with E-state index in [2.05, 4.69) is 19.4 Å². The largest absolute Gasteiger partial charge is 0.504 e. The SMILES string of the molecule is Cc1ccc([C@H](Nc2nsnc2Nc2ccc(C(F)(F)F)c(S(=O)(=O)N(C)C)c2O)C(C)(C)C)o1. The standard InChI is InChI=1S/C21H26F3N5O4S2/c1-11-7-10-14(33-11)17(20(2,3)4)26-19-18(27-34-28-19)25-13-9-8-12(21(22,23)24)16(15(13)30)35(31,32)29(5)6/h7-10,17,30H,1-6H3,(H,25,27)(H,26,28)/t17-/m0/s1. The molecule has 2 heterocycles. The summed E-state index contributed by atoms with van der Waals surface area (Å²) >= 11 is 0.823. The molecule has 0 bridgehead atoms. The van der Waals surface area contributed by atoms with Crippen LogP contribution < -0.4 is 10.6 Å².